The van der Waals surface area contributed by atoms with E-state index >= 15 is 0 Å². The molecule has 136 valence electrons. The lowest BCUT2D eigenvalue weighted by Gasteiger charge is -2.08. The number of aliphatic carboxylic acids is 1. The third-order valence-corrected chi connectivity index (χ3v) is 3.30. The van der Waals surface area contributed by atoms with Crippen LogP contribution in [0.4, 0.5) is 0 Å². The maximum Gasteiger partial charge on any atom is 0.343 e. The van der Waals surface area contributed by atoms with Crippen LogP contribution in [0.25, 0.3) is 6.08 Å². The van der Waals surface area contributed by atoms with Gasteiger partial charge in [0.15, 0.2) is 0 Å². The van der Waals surface area contributed by atoms with Gasteiger partial charge in [0.2, 0.25) is 0 Å². The van der Waals surface area contributed by atoms with Crippen LogP contribution in [0.15, 0.2) is 54.6 Å². The van der Waals surface area contributed by atoms with Crippen molar-refractivity contribution in [2.75, 3.05) is 19.8 Å². The average molecular weight is 356 g/mol. The van der Waals surface area contributed by atoms with Crippen molar-refractivity contribution in [3.8, 4) is 11.5 Å². The molecule has 0 unspecified atom stereocenters. The summed E-state index contributed by atoms with van der Waals surface area (Å²) in [5.41, 5.74) is 1.10. The smallest absolute Gasteiger partial charge is 0.343 e. The Kier molecular flexibility index (Phi) is 7.39. The molecule has 0 bridgehead atoms. The standard InChI is InChI=1S/C20H20O6/c1-2-24-13-14-25-17-10-6-16(7-11-17)20(23)26-18-8-3-15(4-9-18)5-12-19(21)22/h3-12H,2,13-14H2,1H3,(H,21,22)/b12-5+. The minimum absolute atomic E-state index is 0.375. The van der Waals surface area contributed by atoms with Crippen LogP contribution in [-0.2, 0) is 9.53 Å². The van der Waals surface area contributed by atoms with E-state index in [-0.39, 0.29) is 0 Å². The Bertz CT molecular complexity index is 747. The number of ether oxygens (including phenoxy) is 3. The first kappa shape index (κ1) is 19.2. The fourth-order valence-electron chi connectivity index (χ4n) is 2.03. The predicted octanol–water partition coefficient (Wildman–Crippen LogP) is 3.42. The van der Waals surface area contributed by atoms with Crippen molar-refractivity contribution < 1.29 is 28.9 Å². The Morgan fingerprint density at radius 3 is 2.23 bits per heavy atom. The summed E-state index contributed by atoms with van der Waals surface area (Å²) in [7, 11) is 0. The van der Waals surface area contributed by atoms with Gasteiger partial charge in [-0.3, -0.25) is 0 Å². The van der Waals surface area contributed by atoms with Crippen molar-refractivity contribution in [1.29, 1.82) is 0 Å². The number of carbonyl (C=O) groups is 2. The van der Waals surface area contributed by atoms with Gasteiger partial charge in [-0.25, -0.2) is 9.59 Å². The van der Waals surface area contributed by atoms with Crippen molar-refractivity contribution in [2.24, 2.45) is 0 Å². The van der Waals surface area contributed by atoms with E-state index in [0.717, 1.165) is 6.08 Å². The van der Waals surface area contributed by atoms with E-state index in [0.29, 0.717) is 42.4 Å². The Hall–Kier alpha value is -3.12. The van der Waals surface area contributed by atoms with Crippen LogP contribution in [0.5, 0.6) is 11.5 Å². The summed E-state index contributed by atoms with van der Waals surface area (Å²) < 4.78 is 16.0. The molecule has 26 heavy (non-hydrogen) atoms. The number of rotatable bonds is 9. The van der Waals surface area contributed by atoms with Crippen LogP contribution in [0.3, 0.4) is 0 Å². The molecule has 6 nitrogen and oxygen atoms in total. The van der Waals surface area contributed by atoms with Gasteiger partial charge >= 0.3 is 11.9 Å². The SMILES string of the molecule is CCOCCOc1ccc(C(=O)Oc2ccc(/C=C/C(=O)O)cc2)cc1. The van der Waals surface area contributed by atoms with Gasteiger partial charge in [-0.15, -0.1) is 0 Å². The van der Waals surface area contributed by atoms with Gasteiger partial charge in [0.1, 0.15) is 18.1 Å². The number of hydrogen-bond acceptors (Lipinski definition) is 5. The van der Waals surface area contributed by atoms with Crippen molar-refractivity contribution >= 4 is 18.0 Å². The second kappa shape index (κ2) is 10.0. The molecule has 0 radical (unpaired) electrons. The van der Waals surface area contributed by atoms with Crippen molar-refractivity contribution in [3.63, 3.8) is 0 Å². The summed E-state index contributed by atoms with van der Waals surface area (Å²) in [6.07, 6.45) is 2.50. The topological polar surface area (TPSA) is 82.1 Å². The minimum Gasteiger partial charge on any atom is -0.491 e. The summed E-state index contributed by atoms with van der Waals surface area (Å²) >= 11 is 0. The molecule has 1 N–H and O–H groups in total. The number of carboxylic acid groups (broad SMARTS) is 1. The molecule has 0 spiro atoms. The van der Waals surface area contributed by atoms with E-state index in [1.54, 1.807) is 48.5 Å². The summed E-state index contributed by atoms with van der Waals surface area (Å²) in [6, 6.07) is 13.2. The summed E-state index contributed by atoms with van der Waals surface area (Å²) in [6.45, 7) is 3.52. The molecule has 2 aromatic carbocycles. The maximum atomic E-state index is 12.1. The van der Waals surface area contributed by atoms with Crippen LogP contribution in [-0.4, -0.2) is 36.9 Å². The lowest BCUT2D eigenvalue weighted by atomic mass is 10.2. The van der Waals surface area contributed by atoms with Gasteiger partial charge < -0.3 is 19.3 Å². The molecule has 0 saturated carbocycles. The molecule has 0 heterocycles. The highest BCUT2D eigenvalue weighted by atomic mass is 16.5. The predicted molar refractivity (Wildman–Crippen MR) is 96.5 cm³/mol. The number of esters is 1. The zero-order valence-electron chi connectivity index (χ0n) is 14.4. The average Bonchev–Trinajstić information content (AvgIpc) is 2.65. The quantitative estimate of drug-likeness (QED) is 0.321. The van der Waals surface area contributed by atoms with Crippen LogP contribution in [0, 0.1) is 0 Å². The first-order valence-corrected chi connectivity index (χ1v) is 8.12. The van der Waals surface area contributed by atoms with Gasteiger partial charge in [0.05, 0.1) is 12.2 Å². The van der Waals surface area contributed by atoms with Gasteiger partial charge in [0, 0.05) is 12.7 Å². The minimum atomic E-state index is -1.02. The van der Waals surface area contributed by atoms with Gasteiger partial charge in [-0.2, -0.15) is 0 Å². The second-order valence-electron chi connectivity index (χ2n) is 5.20. The molecule has 2 aromatic rings. The Labute approximate surface area is 151 Å². The molecule has 0 aliphatic heterocycles. The molecule has 0 aromatic heterocycles. The van der Waals surface area contributed by atoms with Crippen LogP contribution >= 0.6 is 0 Å². The molecule has 0 amide bonds. The number of carbonyl (C=O) groups excluding carboxylic acids is 1. The van der Waals surface area contributed by atoms with Crippen LogP contribution < -0.4 is 9.47 Å². The Balaban J connectivity index is 1.89. The molecular formula is C20H20O6. The van der Waals surface area contributed by atoms with E-state index in [2.05, 4.69) is 0 Å². The van der Waals surface area contributed by atoms with Gasteiger partial charge in [0.25, 0.3) is 0 Å². The molecule has 2 rings (SSSR count). The fraction of sp³-hybridized carbons (Fsp3) is 0.200. The molecule has 0 aliphatic carbocycles. The molecule has 6 heteroatoms. The third-order valence-electron chi connectivity index (χ3n) is 3.30. The first-order chi connectivity index (χ1) is 12.6. The maximum absolute atomic E-state index is 12.1. The second-order valence-corrected chi connectivity index (χ2v) is 5.20. The zero-order valence-corrected chi connectivity index (χ0v) is 14.4. The monoisotopic (exact) mass is 356 g/mol. The molecule has 0 atom stereocenters. The molecule has 0 fully saturated rings. The largest absolute Gasteiger partial charge is 0.491 e. The molecule has 0 aliphatic rings. The highest BCUT2D eigenvalue weighted by molar-refractivity contribution is 5.91. The Morgan fingerprint density at radius 2 is 1.62 bits per heavy atom. The van der Waals surface area contributed by atoms with E-state index in [4.69, 9.17) is 19.3 Å². The van der Waals surface area contributed by atoms with Gasteiger partial charge in [-0.1, -0.05) is 12.1 Å². The highest BCUT2D eigenvalue weighted by Gasteiger charge is 2.08. The van der Waals surface area contributed by atoms with E-state index in [1.807, 2.05) is 6.92 Å². The van der Waals surface area contributed by atoms with Crippen LogP contribution in [0.1, 0.15) is 22.8 Å². The fourth-order valence-corrected chi connectivity index (χ4v) is 2.03. The van der Waals surface area contributed by atoms with E-state index < -0.39 is 11.9 Å². The number of benzene rings is 2. The van der Waals surface area contributed by atoms with E-state index in [1.165, 1.54) is 6.08 Å². The van der Waals surface area contributed by atoms with Crippen molar-refractivity contribution in [3.05, 3.63) is 65.7 Å². The summed E-state index contributed by atoms with van der Waals surface area (Å²) in [5, 5.41) is 8.59. The number of carboxylic acids is 1. The van der Waals surface area contributed by atoms with E-state index in [9.17, 15) is 9.59 Å². The molecular weight excluding hydrogens is 336 g/mol. The highest BCUT2D eigenvalue weighted by Crippen LogP contribution is 2.17. The summed E-state index contributed by atoms with van der Waals surface area (Å²) in [5.74, 6) is -0.485. The lowest BCUT2D eigenvalue weighted by molar-refractivity contribution is -0.131. The Morgan fingerprint density at radius 1 is 0.962 bits per heavy atom. The molecule has 0 saturated heterocycles. The normalized spacial score (nSPS) is 10.7. The summed E-state index contributed by atoms with van der Waals surface area (Å²) in [4.78, 5) is 22.6. The number of hydrogen-bond donors (Lipinski definition) is 1. The third kappa shape index (κ3) is 6.41. The van der Waals surface area contributed by atoms with Crippen molar-refractivity contribution in [2.45, 2.75) is 6.92 Å². The lowest BCUT2D eigenvalue weighted by Crippen LogP contribution is -2.09. The van der Waals surface area contributed by atoms with Crippen molar-refractivity contribution in [1.82, 2.24) is 0 Å². The first-order valence-electron chi connectivity index (χ1n) is 8.12. The zero-order chi connectivity index (χ0) is 18.8. The van der Waals surface area contributed by atoms with Gasteiger partial charge in [-0.05, 0) is 55.0 Å². The van der Waals surface area contributed by atoms with Crippen LogP contribution in [0.2, 0.25) is 0 Å².